The van der Waals surface area contributed by atoms with E-state index in [1.807, 2.05) is 18.2 Å². The van der Waals surface area contributed by atoms with Gasteiger partial charge < -0.3 is 20.6 Å². The predicted octanol–water partition coefficient (Wildman–Crippen LogP) is 1.01. The van der Waals surface area contributed by atoms with Crippen molar-refractivity contribution in [1.82, 2.24) is 20.4 Å². The highest BCUT2D eigenvalue weighted by Crippen LogP contribution is 2.18. The van der Waals surface area contributed by atoms with Gasteiger partial charge in [-0.2, -0.15) is 0 Å². The van der Waals surface area contributed by atoms with Gasteiger partial charge in [0.2, 0.25) is 5.91 Å². The minimum atomic E-state index is -0.629. The quantitative estimate of drug-likeness (QED) is 0.560. The molecule has 1 atom stereocenters. The number of carbonyl (C=O) groups is 2. The Morgan fingerprint density at radius 1 is 1.13 bits per heavy atom. The fourth-order valence-electron chi connectivity index (χ4n) is 3.68. The van der Waals surface area contributed by atoms with Crippen LogP contribution in [0.25, 0.3) is 0 Å². The van der Waals surface area contributed by atoms with Crippen LogP contribution < -0.4 is 10.6 Å². The second-order valence-electron chi connectivity index (χ2n) is 8.21. The van der Waals surface area contributed by atoms with Gasteiger partial charge in [-0.15, -0.1) is 0 Å². The smallest absolute Gasteiger partial charge is 0.251 e. The number of fused-ring (bicyclic) bond motifs is 1. The second-order valence-corrected chi connectivity index (χ2v) is 8.21. The van der Waals surface area contributed by atoms with E-state index in [4.69, 9.17) is 0 Å². The minimum absolute atomic E-state index is 0.0000730. The summed E-state index contributed by atoms with van der Waals surface area (Å²) in [5.74, 6) is -0.214. The molecule has 2 amide bonds. The number of nitrogens with zero attached hydrogens (tertiary/aromatic N) is 2. The molecule has 1 unspecified atom stereocenters. The maximum Gasteiger partial charge on any atom is 0.251 e. The summed E-state index contributed by atoms with van der Waals surface area (Å²) in [5, 5.41) is 16.3. The van der Waals surface area contributed by atoms with E-state index in [9.17, 15) is 14.7 Å². The van der Waals surface area contributed by atoms with Crippen molar-refractivity contribution in [3.63, 3.8) is 0 Å². The number of nitrogens with one attached hydrogen (secondary N) is 2. The molecular formula is C24H32N4O3. The number of benzene rings is 2. The topological polar surface area (TPSA) is 84.9 Å². The molecule has 3 rings (SSSR count). The van der Waals surface area contributed by atoms with E-state index >= 15 is 0 Å². The van der Waals surface area contributed by atoms with E-state index < -0.39 is 6.10 Å². The molecule has 0 aromatic heterocycles. The van der Waals surface area contributed by atoms with Crippen LogP contribution in [0.2, 0.25) is 0 Å². The Morgan fingerprint density at radius 3 is 2.68 bits per heavy atom. The summed E-state index contributed by atoms with van der Waals surface area (Å²) >= 11 is 0. The predicted molar refractivity (Wildman–Crippen MR) is 121 cm³/mol. The maximum atomic E-state index is 12.5. The second kappa shape index (κ2) is 11.0. The van der Waals surface area contributed by atoms with Crippen LogP contribution in [0.1, 0.15) is 27.0 Å². The van der Waals surface area contributed by atoms with Gasteiger partial charge in [-0.05, 0) is 35.2 Å². The van der Waals surface area contributed by atoms with Crippen molar-refractivity contribution in [2.45, 2.75) is 25.6 Å². The van der Waals surface area contributed by atoms with Crippen molar-refractivity contribution in [2.75, 3.05) is 40.3 Å². The van der Waals surface area contributed by atoms with Crippen LogP contribution in [-0.2, 0) is 24.3 Å². The van der Waals surface area contributed by atoms with Crippen LogP contribution in [0.5, 0.6) is 0 Å². The van der Waals surface area contributed by atoms with Crippen molar-refractivity contribution < 1.29 is 14.7 Å². The zero-order valence-electron chi connectivity index (χ0n) is 18.3. The van der Waals surface area contributed by atoms with E-state index in [-0.39, 0.29) is 24.9 Å². The molecule has 0 aliphatic carbocycles. The van der Waals surface area contributed by atoms with E-state index in [1.54, 1.807) is 26.2 Å². The lowest BCUT2D eigenvalue weighted by Crippen LogP contribution is -2.42. The average molecular weight is 425 g/mol. The molecular weight excluding hydrogens is 392 g/mol. The van der Waals surface area contributed by atoms with Crippen molar-refractivity contribution in [3.8, 4) is 0 Å². The van der Waals surface area contributed by atoms with E-state index in [2.05, 4.69) is 33.7 Å². The fraction of sp³-hybridized carbons (Fsp3) is 0.417. The van der Waals surface area contributed by atoms with E-state index in [0.29, 0.717) is 18.7 Å². The lowest BCUT2D eigenvalue weighted by atomic mass is 10.00. The number of carbonyl (C=O) groups excluding carboxylic acids is 2. The van der Waals surface area contributed by atoms with Crippen molar-refractivity contribution in [1.29, 1.82) is 0 Å². The Balaban J connectivity index is 1.43. The first-order chi connectivity index (χ1) is 14.9. The molecule has 3 N–H and O–H groups in total. The van der Waals surface area contributed by atoms with Gasteiger partial charge in [0.15, 0.2) is 0 Å². The third kappa shape index (κ3) is 6.89. The van der Waals surface area contributed by atoms with Crippen LogP contribution in [-0.4, -0.2) is 73.1 Å². The van der Waals surface area contributed by atoms with Crippen molar-refractivity contribution in [3.05, 3.63) is 70.8 Å². The van der Waals surface area contributed by atoms with Crippen LogP contribution in [0.4, 0.5) is 0 Å². The van der Waals surface area contributed by atoms with Crippen LogP contribution >= 0.6 is 0 Å². The van der Waals surface area contributed by atoms with E-state index in [1.165, 1.54) is 16.0 Å². The van der Waals surface area contributed by atoms with Gasteiger partial charge in [0.1, 0.15) is 0 Å². The van der Waals surface area contributed by atoms with Gasteiger partial charge >= 0.3 is 0 Å². The molecule has 31 heavy (non-hydrogen) atoms. The van der Waals surface area contributed by atoms with Crippen LogP contribution in [0.15, 0.2) is 48.5 Å². The summed E-state index contributed by atoms with van der Waals surface area (Å²) in [7, 11) is 3.43. The molecule has 0 saturated heterocycles. The number of rotatable bonds is 9. The summed E-state index contributed by atoms with van der Waals surface area (Å²) in [5.41, 5.74) is 4.15. The van der Waals surface area contributed by atoms with Crippen LogP contribution in [0, 0.1) is 0 Å². The highest BCUT2D eigenvalue weighted by atomic mass is 16.3. The van der Waals surface area contributed by atoms with Crippen molar-refractivity contribution in [2.24, 2.45) is 0 Å². The Labute approximate surface area is 184 Å². The number of aliphatic hydroxyl groups excluding tert-OH is 1. The number of aliphatic hydroxyl groups is 1. The first-order valence-corrected chi connectivity index (χ1v) is 10.7. The molecule has 1 aliphatic heterocycles. The number of likely N-dealkylation sites (N-methyl/N-ethyl adjacent to an activating group) is 1. The molecule has 0 saturated carbocycles. The Morgan fingerprint density at radius 2 is 1.90 bits per heavy atom. The number of hydrogen-bond donors (Lipinski definition) is 3. The Bertz CT molecular complexity index is 900. The van der Waals surface area contributed by atoms with Crippen molar-refractivity contribution >= 4 is 11.8 Å². The fourth-order valence-corrected chi connectivity index (χ4v) is 3.68. The molecule has 166 valence electrons. The standard InChI is InChI=1S/C24H32N4O3/c1-27(2)23(30)15-25-13-18-6-5-9-20(12-18)24(31)26-14-22(29)17-28-11-10-19-7-3-4-8-21(19)16-28/h3-9,12,22,25,29H,10-11,13-17H2,1-2H3,(H,26,31). The molecule has 0 radical (unpaired) electrons. The Kier molecular flexibility index (Phi) is 8.17. The first-order valence-electron chi connectivity index (χ1n) is 10.7. The molecule has 7 nitrogen and oxygen atoms in total. The van der Waals surface area contributed by atoms with Gasteiger partial charge in [-0.1, -0.05) is 36.4 Å². The molecule has 7 heteroatoms. The minimum Gasteiger partial charge on any atom is -0.390 e. The summed E-state index contributed by atoms with van der Waals surface area (Å²) in [6.45, 7) is 3.21. The van der Waals surface area contributed by atoms with Gasteiger partial charge in [0.05, 0.1) is 12.6 Å². The summed E-state index contributed by atoms with van der Waals surface area (Å²) in [6, 6.07) is 15.7. The number of hydrogen-bond acceptors (Lipinski definition) is 5. The third-order valence-corrected chi connectivity index (χ3v) is 5.47. The van der Waals surface area contributed by atoms with Crippen LogP contribution in [0.3, 0.4) is 0 Å². The zero-order chi connectivity index (χ0) is 22.2. The number of β-amino-alcohol motifs (C(OH)–C–C–N with tert-alkyl or cyclic N) is 1. The zero-order valence-corrected chi connectivity index (χ0v) is 18.3. The molecule has 2 aromatic carbocycles. The molecule has 0 fully saturated rings. The molecule has 2 aromatic rings. The molecule has 0 bridgehead atoms. The molecule has 1 aliphatic rings. The maximum absolute atomic E-state index is 12.5. The SMILES string of the molecule is CN(C)C(=O)CNCc1cccc(C(=O)NCC(O)CN2CCc3ccccc3C2)c1. The largest absolute Gasteiger partial charge is 0.390 e. The van der Waals surface area contributed by atoms with Gasteiger partial charge in [-0.3, -0.25) is 14.5 Å². The highest BCUT2D eigenvalue weighted by molar-refractivity contribution is 5.94. The summed E-state index contributed by atoms with van der Waals surface area (Å²) in [4.78, 5) is 27.9. The van der Waals surface area contributed by atoms with Gasteiger partial charge in [-0.25, -0.2) is 0 Å². The van der Waals surface area contributed by atoms with Gasteiger partial charge in [0, 0.05) is 52.4 Å². The summed E-state index contributed by atoms with van der Waals surface area (Å²) in [6.07, 6.45) is 0.354. The number of amides is 2. The molecule has 1 heterocycles. The summed E-state index contributed by atoms with van der Waals surface area (Å²) < 4.78 is 0. The lowest BCUT2D eigenvalue weighted by molar-refractivity contribution is -0.127. The lowest BCUT2D eigenvalue weighted by Gasteiger charge is -2.30. The normalized spacial score (nSPS) is 14.5. The monoisotopic (exact) mass is 424 g/mol. The molecule has 0 spiro atoms. The third-order valence-electron chi connectivity index (χ3n) is 5.47. The Hall–Kier alpha value is -2.74. The highest BCUT2D eigenvalue weighted by Gasteiger charge is 2.19. The van der Waals surface area contributed by atoms with E-state index in [0.717, 1.165) is 25.1 Å². The average Bonchev–Trinajstić information content (AvgIpc) is 2.77. The van der Waals surface area contributed by atoms with Gasteiger partial charge in [0.25, 0.3) is 5.91 Å². The first kappa shape index (κ1) is 22.9.